The van der Waals surface area contributed by atoms with Crippen molar-refractivity contribution < 1.29 is 5.11 Å². The van der Waals surface area contributed by atoms with Gasteiger partial charge in [0.15, 0.2) is 5.96 Å². The third-order valence-corrected chi connectivity index (χ3v) is 5.22. The summed E-state index contributed by atoms with van der Waals surface area (Å²) in [5.41, 5.74) is 1.16. The van der Waals surface area contributed by atoms with Crippen molar-refractivity contribution in [2.24, 2.45) is 4.99 Å². The highest BCUT2D eigenvalue weighted by Gasteiger charge is 2.30. The topological polar surface area (TPSA) is 51.1 Å². The molecule has 2 unspecified atom stereocenters. The molecule has 0 aliphatic carbocycles. The van der Waals surface area contributed by atoms with E-state index in [0.29, 0.717) is 19.0 Å². The highest BCUT2D eigenvalue weighted by Crippen LogP contribution is 2.20. The summed E-state index contributed by atoms with van der Waals surface area (Å²) in [7, 11) is 0. The van der Waals surface area contributed by atoms with Crippen LogP contribution < -0.4 is 5.32 Å². The third kappa shape index (κ3) is 5.19. The van der Waals surface area contributed by atoms with Gasteiger partial charge in [-0.3, -0.25) is 9.89 Å². The minimum atomic E-state index is -0.437. The molecule has 0 radical (unpaired) electrons. The Kier molecular flexibility index (Phi) is 6.70. The molecular formula is C20H32N4O. The van der Waals surface area contributed by atoms with Crippen LogP contribution in [0.1, 0.15) is 31.7 Å². The second-order valence-corrected chi connectivity index (χ2v) is 7.17. The molecule has 2 heterocycles. The molecule has 2 aliphatic heterocycles. The van der Waals surface area contributed by atoms with Gasteiger partial charge in [-0.1, -0.05) is 30.3 Å². The number of guanidine groups is 1. The Morgan fingerprint density at radius 2 is 2.00 bits per heavy atom. The van der Waals surface area contributed by atoms with Gasteiger partial charge in [-0.2, -0.15) is 0 Å². The van der Waals surface area contributed by atoms with Crippen molar-refractivity contribution in [2.75, 3.05) is 39.3 Å². The summed E-state index contributed by atoms with van der Waals surface area (Å²) in [5.74, 6) is 0.955. The van der Waals surface area contributed by atoms with Gasteiger partial charge in [-0.25, -0.2) is 0 Å². The maximum atomic E-state index is 10.3. The fraction of sp³-hybridized carbons (Fsp3) is 0.650. The lowest BCUT2D eigenvalue weighted by Gasteiger charge is -2.25. The molecule has 1 aromatic rings. The molecule has 2 N–H and O–H groups in total. The molecule has 3 rings (SSSR count). The number of hydrogen-bond donors (Lipinski definition) is 2. The first-order chi connectivity index (χ1) is 12.3. The molecule has 2 fully saturated rings. The van der Waals surface area contributed by atoms with Gasteiger partial charge in [0.05, 0.1) is 12.6 Å². The Bertz CT molecular complexity index is 542. The molecule has 0 spiro atoms. The quantitative estimate of drug-likeness (QED) is 0.609. The molecule has 2 saturated heterocycles. The molecule has 1 aromatic carbocycles. The van der Waals surface area contributed by atoms with E-state index in [0.717, 1.165) is 31.2 Å². The van der Waals surface area contributed by atoms with E-state index in [-0.39, 0.29) is 0 Å². The summed E-state index contributed by atoms with van der Waals surface area (Å²) in [4.78, 5) is 9.71. The van der Waals surface area contributed by atoms with Gasteiger partial charge in [0.2, 0.25) is 0 Å². The lowest BCUT2D eigenvalue weighted by Crippen LogP contribution is -2.43. The second kappa shape index (κ2) is 9.20. The molecule has 0 bridgehead atoms. The first-order valence-electron chi connectivity index (χ1n) is 9.75. The summed E-state index contributed by atoms with van der Waals surface area (Å²) in [6.45, 7) is 8.02. The van der Waals surface area contributed by atoms with Gasteiger partial charge in [0.1, 0.15) is 0 Å². The van der Waals surface area contributed by atoms with Gasteiger partial charge >= 0.3 is 0 Å². The van der Waals surface area contributed by atoms with Crippen LogP contribution in [0.25, 0.3) is 0 Å². The zero-order valence-electron chi connectivity index (χ0n) is 15.4. The highest BCUT2D eigenvalue weighted by atomic mass is 16.3. The summed E-state index contributed by atoms with van der Waals surface area (Å²) in [5, 5.41) is 13.7. The van der Waals surface area contributed by atoms with Crippen molar-refractivity contribution in [3.63, 3.8) is 0 Å². The molecular weight excluding hydrogens is 312 g/mol. The maximum Gasteiger partial charge on any atom is 0.194 e. The predicted molar refractivity (Wildman–Crippen MR) is 103 cm³/mol. The van der Waals surface area contributed by atoms with Crippen molar-refractivity contribution >= 4 is 5.96 Å². The maximum absolute atomic E-state index is 10.3. The molecule has 0 aromatic heterocycles. The first-order valence-corrected chi connectivity index (χ1v) is 9.75. The molecule has 0 amide bonds. The molecule has 5 heteroatoms. The van der Waals surface area contributed by atoms with Crippen LogP contribution in [0.2, 0.25) is 0 Å². The van der Waals surface area contributed by atoms with Gasteiger partial charge in [0, 0.05) is 32.1 Å². The Balaban J connectivity index is 1.53. The first kappa shape index (κ1) is 18.2. The normalized spacial score (nSPS) is 23.2. The van der Waals surface area contributed by atoms with E-state index in [1.54, 1.807) is 0 Å². The fourth-order valence-electron chi connectivity index (χ4n) is 3.91. The lowest BCUT2D eigenvalue weighted by molar-refractivity contribution is 0.183. The van der Waals surface area contributed by atoms with Gasteiger partial charge in [-0.05, 0) is 44.8 Å². The number of likely N-dealkylation sites (tertiary alicyclic amines) is 2. The minimum absolute atomic E-state index is 0.437. The molecule has 25 heavy (non-hydrogen) atoms. The Hall–Kier alpha value is -1.59. The van der Waals surface area contributed by atoms with Gasteiger partial charge < -0.3 is 15.3 Å². The van der Waals surface area contributed by atoms with E-state index in [1.165, 1.54) is 32.4 Å². The number of nitrogens with zero attached hydrogens (tertiary/aromatic N) is 3. The van der Waals surface area contributed by atoms with Crippen molar-refractivity contribution in [3.05, 3.63) is 35.9 Å². The summed E-state index contributed by atoms with van der Waals surface area (Å²) < 4.78 is 0. The zero-order valence-corrected chi connectivity index (χ0v) is 15.4. The monoisotopic (exact) mass is 344 g/mol. The second-order valence-electron chi connectivity index (χ2n) is 7.17. The molecule has 0 saturated carbocycles. The van der Waals surface area contributed by atoms with E-state index in [4.69, 9.17) is 4.99 Å². The molecule has 2 aliphatic rings. The van der Waals surface area contributed by atoms with Crippen LogP contribution in [0, 0.1) is 0 Å². The Labute approximate surface area is 151 Å². The number of aliphatic hydroxyl groups excluding tert-OH is 1. The number of benzene rings is 1. The standard InChI is InChI=1S/C20H32N4O/c1-2-21-20(22-15-19(25)14-17-8-4-3-5-9-17)24-13-10-18(16-24)23-11-6-7-12-23/h3-5,8-9,18-19,25H,2,6-7,10-16H2,1H3,(H,21,22). The van der Waals surface area contributed by atoms with Crippen molar-refractivity contribution in [1.82, 2.24) is 15.1 Å². The largest absolute Gasteiger partial charge is 0.391 e. The van der Waals surface area contributed by atoms with Crippen LogP contribution in [-0.2, 0) is 6.42 Å². The smallest absolute Gasteiger partial charge is 0.194 e. The molecule has 2 atom stereocenters. The predicted octanol–water partition coefficient (Wildman–Crippen LogP) is 1.73. The van der Waals surface area contributed by atoms with Crippen LogP contribution in [-0.4, -0.2) is 72.3 Å². The molecule has 138 valence electrons. The number of hydrogen-bond acceptors (Lipinski definition) is 3. The van der Waals surface area contributed by atoms with Crippen molar-refractivity contribution in [2.45, 2.75) is 44.8 Å². The SMILES string of the molecule is CCNC(=NCC(O)Cc1ccccc1)N1CCC(N2CCCC2)C1. The van der Waals surface area contributed by atoms with Crippen molar-refractivity contribution in [3.8, 4) is 0 Å². The fourth-order valence-corrected chi connectivity index (χ4v) is 3.91. The van der Waals surface area contributed by atoms with Crippen molar-refractivity contribution in [1.29, 1.82) is 0 Å². The van der Waals surface area contributed by atoms with Crippen LogP contribution in [0.5, 0.6) is 0 Å². The van der Waals surface area contributed by atoms with Gasteiger partial charge in [-0.15, -0.1) is 0 Å². The summed E-state index contributed by atoms with van der Waals surface area (Å²) >= 11 is 0. The Morgan fingerprint density at radius 1 is 1.24 bits per heavy atom. The average molecular weight is 345 g/mol. The van der Waals surface area contributed by atoms with E-state index >= 15 is 0 Å². The average Bonchev–Trinajstić information content (AvgIpc) is 3.30. The number of nitrogens with one attached hydrogen (secondary N) is 1. The number of aliphatic imine (C=N–C) groups is 1. The van der Waals surface area contributed by atoms with E-state index < -0.39 is 6.10 Å². The van der Waals surface area contributed by atoms with E-state index in [2.05, 4.69) is 34.2 Å². The van der Waals surface area contributed by atoms with Gasteiger partial charge in [0.25, 0.3) is 0 Å². The zero-order chi connectivity index (χ0) is 17.5. The van der Waals surface area contributed by atoms with E-state index in [1.807, 2.05) is 18.2 Å². The van der Waals surface area contributed by atoms with Crippen LogP contribution in [0.4, 0.5) is 0 Å². The van der Waals surface area contributed by atoms with Crippen LogP contribution >= 0.6 is 0 Å². The minimum Gasteiger partial charge on any atom is -0.391 e. The third-order valence-electron chi connectivity index (χ3n) is 5.22. The summed E-state index contributed by atoms with van der Waals surface area (Å²) in [6.07, 6.45) is 4.12. The van der Waals surface area contributed by atoms with Crippen LogP contribution in [0.3, 0.4) is 0 Å². The molecule has 5 nitrogen and oxygen atoms in total. The van der Waals surface area contributed by atoms with Crippen LogP contribution in [0.15, 0.2) is 35.3 Å². The lowest BCUT2D eigenvalue weighted by atomic mass is 10.1. The van der Waals surface area contributed by atoms with E-state index in [9.17, 15) is 5.11 Å². The summed E-state index contributed by atoms with van der Waals surface area (Å²) in [6, 6.07) is 10.8. The Morgan fingerprint density at radius 3 is 2.72 bits per heavy atom. The number of rotatable bonds is 6. The number of aliphatic hydroxyl groups is 1. The highest BCUT2D eigenvalue weighted by molar-refractivity contribution is 5.80.